The number of amides is 3. The number of hydrogen-bond donors (Lipinski definition) is 3. The molecule has 0 saturated heterocycles. The molecule has 2 aromatic rings. The number of aromatic hydroxyl groups is 1. The first-order chi connectivity index (χ1) is 18.8. The highest BCUT2D eigenvalue weighted by Crippen LogP contribution is 2.41. The normalized spacial score (nSPS) is 17.6. The molecule has 0 radical (unpaired) electrons. The van der Waals surface area contributed by atoms with Crippen LogP contribution < -0.4 is 10.6 Å². The summed E-state index contributed by atoms with van der Waals surface area (Å²) in [6, 6.07) is 11.2. The number of phenolic OH excluding ortho intramolecular Hbond substituents is 1. The van der Waals surface area contributed by atoms with Crippen LogP contribution >= 0.6 is 0 Å². The number of carbonyl (C=O) groups excluding carboxylic acids is 4. The van der Waals surface area contributed by atoms with Gasteiger partial charge in [-0.05, 0) is 63.3 Å². The zero-order valence-corrected chi connectivity index (χ0v) is 23.9. The summed E-state index contributed by atoms with van der Waals surface area (Å²) >= 11 is 0. The topological polar surface area (TPSA) is 134 Å². The van der Waals surface area contributed by atoms with Crippen LogP contribution in [0.25, 0.3) is 0 Å². The molecule has 3 rings (SSSR count). The number of esters is 1. The monoisotopic (exact) mass is 553 g/mol. The predicted molar refractivity (Wildman–Crippen MR) is 148 cm³/mol. The maximum atomic E-state index is 14.4. The molecule has 10 heteroatoms. The fourth-order valence-corrected chi connectivity index (χ4v) is 4.38. The summed E-state index contributed by atoms with van der Waals surface area (Å²) in [6.07, 6.45) is 0.00681. The van der Waals surface area contributed by atoms with Gasteiger partial charge in [-0.1, -0.05) is 48.9 Å². The summed E-state index contributed by atoms with van der Waals surface area (Å²) in [5, 5.41) is 15.0. The van der Waals surface area contributed by atoms with Crippen molar-refractivity contribution in [3.8, 4) is 5.75 Å². The second-order valence-electron chi connectivity index (χ2n) is 11.2. The maximum absolute atomic E-state index is 14.4. The van der Waals surface area contributed by atoms with Crippen molar-refractivity contribution in [2.75, 3.05) is 13.7 Å². The van der Waals surface area contributed by atoms with Crippen LogP contribution in [-0.4, -0.2) is 65.2 Å². The minimum atomic E-state index is -1.08. The Morgan fingerprint density at radius 3 is 2.17 bits per heavy atom. The van der Waals surface area contributed by atoms with Gasteiger partial charge >= 0.3 is 12.1 Å². The number of methoxy groups -OCH3 is 1. The van der Waals surface area contributed by atoms with Gasteiger partial charge in [0, 0.05) is 12.5 Å². The number of benzene rings is 2. The predicted octanol–water partition coefficient (Wildman–Crippen LogP) is 3.40. The average molecular weight is 554 g/mol. The van der Waals surface area contributed by atoms with Crippen molar-refractivity contribution in [1.82, 2.24) is 15.5 Å². The molecule has 1 aliphatic rings. The van der Waals surface area contributed by atoms with Crippen LogP contribution in [0.5, 0.6) is 5.75 Å². The molecule has 4 atom stereocenters. The lowest BCUT2D eigenvalue weighted by Gasteiger charge is -2.35. The third-order valence-electron chi connectivity index (χ3n) is 6.60. The number of nitrogens with zero attached hydrogens (tertiary/aromatic N) is 1. The van der Waals surface area contributed by atoms with Crippen molar-refractivity contribution in [1.29, 1.82) is 0 Å². The lowest BCUT2D eigenvalue weighted by Crippen LogP contribution is -2.55. The van der Waals surface area contributed by atoms with Crippen molar-refractivity contribution < 1.29 is 33.8 Å². The quantitative estimate of drug-likeness (QED) is 0.384. The van der Waals surface area contributed by atoms with Crippen molar-refractivity contribution in [3.63, 3.8) is 0 Å². The molecular weight excluding hydrogens is 514 g/mol. The fourth-order valence-electron chi connectivity index (χ4n) is 4.38. The van der Waals surface area contributed by atoms with Crippen LogP contribution in [-0.2, 0) is 30.3 Å². The smallest absolute Gasteiger partial charge is 0.408 e. The highest BCUT2D eigenvalue weighted by Gasteiger charge is 2.48. The van der Waals surface area contributed by atoms with Gasteiger partial charge < -0.3 is 30.1 Å². The molecule has 2 aromatic carbocycles. The van der Waals surface area contributed by atoms with Crippen LogP contribution in [0.15, 0.2) is 48.5 Å². The second kappa shape index (κ2) is 12.8. The van der Waals surface area contributed by atoms with E-state index in [1.165, 1.54) is 24.1 Å². The Hall–Kier alpha value is -4.08. The molecule has 10 nitrogen and oxygen atoms in total. The molecule has 0 aliphatic heterocycles. The first-order valence-corrected chi connectivity index (χ1v) is 13.3. The van der Waals surface area contributed by atoms with Crippen molar-refractivity contribution in [2.24, 2.45) is 5.92 Å². The van der Waals surface area contributed by atoms with Crippen molar-refractivity contribution in [2.45, 2.75) is 71.2 Å². The van der Waals surface area contributed by atoms with Crippen LogP contribution in [0.1, 0.15) is 56.8 Å². The van der Waals surface area contributed by atoms with Gasteiger partial charge in [-0.15, -0.1) is 0 Å². The summed E-state index contributed by atoms with van der Waals surface area (Å²) in [4.78, 5) is 54.1. The molecule has 0 spiro atoms. The van der Waals surface area contributed by atoms with E-state index in [-0.39, 0.29) is 30.7 Å². The zero-order chi connectivity index (χ0) is 29.6. The number of nitrogens with one attached hydrogen (secondary N) is 2. The first kappa shape index (κ1) is 30.5. The molecule has 4 unspecified atom stereocenters. The van der Waals surface area contributed by atoms with E-state index in [0.717, 1.165) is 5.56 Å². The van der Waals surface area contributed by atoms with Gasteiger partial charge in [0.1, 0.15) is 30.0 Å². The average Bonchev–Trinajstić information content (AvgIpc) is 3.61. The molecule has 40 heavy (non-hydrogen) atoms. The molecule has 0 heterocycles. The molecule has 3 N–H and O–H groups in total. The number of phenols is 1. The molecule has 1 fully saturated rings. The minimum absolute atomic E-state index is 0.0712. The van der Waals surface area contributed by atoms with Crippen molar-refractivity contribution >= 4 is 23.9 Å². The fraction of sp³-hybridized carbons (Fsp3) is 0.467. The largest absolute Gasteiger partial charge is 0.508 e. The second-order valence-corrected chi connectivity index (χ2v) is 11.2. The van der Waals surface area contributed by atoms with Gasteiger partial charge in [-0.3, -0.25) is 14.4 Å². The molecule has 3 amide bonds. The number of carbonyl (C=O) groups is 4. The van der Waals surface area contributed by atoms with E-state index in [4.69, 9.17) is 4.74 Å². The van der Waals surface area contributed by atoms with Gasteiger partial charge in [0.2, 0.25) is 11.8 Å². The summed E-state index contributed by atoms with van der Waals surface area (Å²) in [5.74, 6) is -1.43. The number of alkyl carbamates (subject to hydrolysis) is 1. The van der Waals surface area contributed by atoms with Crippen molar-refractivity contribution in [3.05, 3.63) is 65.2 Å². The first-order valence-electron chi connectivity index (χ1n) is 13.3. The summed E-state index contributed by atoms with van der Waals surface area (Å²) < 4.78 is 10.1. The minimum Gasteiger partial charge on any atom is -0.508 e. The molecule has 216 valence electrons. The summed E-state index contributed by atoms with van der Waals surface area (Å²) in [7, 11) is 1.23. The Morgan fingerprint density at radius 2 is 1.65 bits per heavy atom. The Bertz CT molecular complexity index is 1210. The molecule has 0 bridgehead atoms. The molecule has 0 aromatic heterocycles. The Balaban J connectivity index is 2.02. The Kier molecular flexibility index (Phi) is 9.78. The van der Waals surface area contributed by atoms with E-state index in [1.807, 2.05) is 26.0 Å². The van der Waals surface area contributed by atoms with E-state index in [2.05, 4.69) is 15.4 Å². The standard InChI is InChI=1S/C30H39N3O7/c1-18-7-11-21(12-8-18)26(27(36)31-17-25(35)39-6)33(24-15-19(24)2)28(37)23(32-29(38)40-30(3,4)5)16-20-9-13-22(34)14-10-20/h7-14,19,23-24,26,34H,15-17H2,1-6H3,(H,31,36)(H,32,38). The highest BCUT2D eigenvalue weighted by atomic mass is 16.6. The number of ether oxygens (including phenoxy) is 2. The van der Waals surface area contributed by atoms with Gasteiger partial charge in [-0.25, -0.2) is 4.79 Å². The molecular formula is C30H39N3O7. The molecule has 1 saturated carbocycles. The summed E-state index contributed by atoms with van der Waals surface area (Å²) in [5.41, 5.74) is 1.45. The van der Waals surface area contributed by atoms with E-state index in [9.17, 15) is 24.3 Å². The van der Waals surface area contributed by atoms with Gasteiger partial charge in [0.25, 0.3) is 0 Å². The molecule has 1 aliphatic carbocycles. The SMILES string of the molecule is COC(=O)CNC(=O)C(c1ccc(C)cc1)N(C(=O)C(Cc1ccc(O)cc1)NC(=O)OC(C)(C)C)C1CC1C. The van der Waals surface area contributed by atoms with E-state index in [0.29, 0.717) is 17.5 Å². The summed E-state index contributed by atoms with van der Waals surface area (Å²) in [6.45, 7) is 8.72. The van der Waals surface area contributed by atoms with Crippen LogP contribution in [0.2, 0.25) is 0 Å². The van der Waals surface area contributed by atoms with Gasteiger partial charge in [-0.2, -0.15) is 0 Å². The van der Waals surface area contributed by atoms with Crippen LogP contribution in [0, 0.1) is 12.8 Å². The highest BCUT2D eigenvalue weighted by molar-refractivity contribution is 5.93. The van der Waals surface area contributed by atoms with E-state index in [1.54, 1.807) is 45.0 Å². The van der Waals surface area contributed by atoms with Gasteiger partial charge in [0.15, 0.2) is 0 Å². The lowest BCUT2D eigenvalue weighted by atomic mass is 9.99. The number of rotatable bonds is 10. The van der Waals surface area contributed by atoms with Crippen LogP contribution in [0.4, 0.5) is 4.79 Å². The third kappa shape index (κ3) is 8.46. The number of hydrogen-bond acceptors (Lipinski definition) is 7. The maximum Gasteiger partial charge on any atom is 0.408 e. The Labute approximate surface area is 235 Å². The van der Waals surface area contributed by atoms with E-state index >= 15 is 0 Å². The number of aryl methyl sites for hydroxylation is 1. The lowest BCUT2D eigenvalue weighted by molar-refractivity contribution is -0.145. The van der Waals surface area contributed by atoms with Gasteiger partial charge in [0.05, 0.1) is 7.11 Å². The third-order valence-corrected chi connectivity index (χ3v) is 6.60. The Morgan fingerprint density at radius 1 is 1.05 bits per heavy atom. The zero-order valence-electron chi connectivity index (χ0n) is 23.9. The van der Waals surface area contributed by atoms with Crippen LogP contribution in [0.3, 0.4) is 0 Å². The van der Waals surface area contributed by atoms with E-state index < -0.39 is 41.6 Å².